The van der Waals surface area contributed by atoms with Crippen molar-refractivity contribution < 1.29 is 4.74 Å². The lowest BCUT2D eigenvalue weighted by molar-refractivity contribution is 0.150. The van der Waals surface area contributed by atoms with E-state index in [0.29, 0.717) is 12.0 Å². The summed E-state index contributed by atoms with van der Waals surface area (Å²) in [5.41, 5.74) is 1.28. The molecule has 0 bridgehead atoms. The lowest BCUT2D eigenvalue weighted by Gasteiger charge is -2.20. The van der Waals surface area contributed by atoms with Crippen molar-refractivity contribution in [3.05, 3.63) is 30.1 Å². The van der Waals surface area contributed by atoms with Gasteiger partial charge >= 0.3 is 0 Å². The minimum absolute atomic E-state index is 0.495. The van der Waals surface area contributed by atoms with Gasteiger partial charge in [0.25, 0.3) is 0 Å². The maximum Gasteiger partial charge on any atom is 0.0488 e. The zero-order valence-electron chi connectivity index (χ0n) is 10.4. The van der Waals surface area contributed by atoms with Crippen LogP contribution in [0.2, 0.25) is 0 Å². The second-order valence-corrected chi connectivity index (χ2v) is 4.35. The highest BCUT2D eigenvalue weighted by Gasteiger charge is 2.12. The number of pyridine rings is 1. The van der Waals surface area contributed by atoms with E-state index in [1.54, 1.807) is 7.11 Å². The van der Waals surface area contributed by atoms with Crippen LogP contribution in [0.15, 0.2) is 24.5 Å². The fourth-order valence-electron chi connectivity index (χ4n) is 1.94. The van der Waals surface area contributed by atoms with E-state index in [1.807, 2.05) is 25.5 Å². The molecule has 1 aromatic rings. The van der Waals surface area contributed by atoms with Crippen molar-refractivity contribution in [3.63, 3.8) is 0 Å². The van der Waals surface area contributed by atoms with Crippen molar-refractivity contribution in [2.24, 2.45) is 5.92 Å². The zero-order valence-corrected chi connectivity index (χ0v) is 10.4. The molecule has 1 aromatic heterocycles. The summed E-state index contributed by atoms with van der Waals surface area (Å²) in [6, 6.07) is 4.60. The quantitative estimate of drug-likeness (QED) is 0.765. The van der Waals surface area contributed by atoms with Crippen molar-refractivity contribution >= 4 is 0 Å². The molecule has 90 valence electrons. The average Bonchev–Trinajstić information content (AvgIpc) is 2.30. The van der Waals surface area contributed by atoms with E-state index in [2.05, 4.69) is 23.3 Å². The molecule has 2 unspecified atom stereocenters. The Kier molecular flexibility index (Phi) is 6.04. The zero-order chi connectivity index (χ0) is 11.8. The molecule has 0 fully saturated rings. The highest BCUT2D eigenvalue weighted by molar-refractivity contribution is 5.10. The Bertz CT molecular complexity index is 277. The van der Waals surface area contributed by atoms with Crippen LogP contribution in [0.3, 0.4) is 0 Å². The second kappa shape index (κ2) is 7.36. The van der Waals surface area contributed by atoms with Crippen molar-refractivity contribution in [2.75, 3.05) is 20.8 Å². The lowest BCUT2D eigenvalue weighted by Crippen LogP contribution is -2.30. The Hall–Kier alpha value is -0.930. The summed E-state index contributed by atoms with van der Waals surface area (Å²) in [4.78, 5) is 4.14. The van der Waals surface area contributed by atoms with Crippen LogP contribution in [-0.2, 0) is 11.2 Å². The van der Waals surface area contributed by atoms with Gasteiger partial charge in [-0.1, -0.05) is 13.0 Å². The molecule has 3 heteroatoms. The first-order chi connectivity index (χ1) is 7.76. The van der Waals surface area contributed by atoms with Crippen LogP contribution in [-0.4, -0.2) is 31.8 Å². The van der Waals surface area contributed by atoms with E-state index < -0.39 is 0 Å². The van der Waals surface area contributed by atoms with E-state index in [4.69, 9.17) is 4.74 Å². The van der Waals surface area contributed by atoms with Crippen LogP contribution < -0.4 is 5.32 Å². The van der Waals surface area contributed by atoms with E-state index >= 15 is 0 Å². The molecule has 0 amide bonds. The second-order valence-electron chi connectivity index (χ2n) is 4.35. The van der Waals surface area contributed by atoms with Gasteiger partial charge in [-0.15, -0.1) is 0 Å². The Labute approximate surface area is 98.2 Å². The molecule has 0 saturated heterocycles. The SMILES string of the molecule is CNC(Cc1cccnc1)CC(C)COC. The molecule has 1 heterocycles. The fraction of sp³-hybridized carbons (Fsp3) is 0.615. The number of nitrogens with one attached hydrogen (secondary N) is 1. The van der Waals surface area contributed by atoms with Gasteiger partial charge in [0.1, 0.15) is 0 Å². The molecular formula is C13H22N2O. The van der Waals surface area contributed by atoms with Gasteiger partial charge in [0.15, 0.2) is 0 Å². The van der Waals surface area contributed by atoms with Gasteiger partial charge in [0.2, 0.25) is 0 Å². The van der Waals surface area contributed by atoms with Gasteiger partial charge in [0, 0.05) is 32.2 Å². The topological polar surface area (TPSA) is 34.2 Å². The minimum atomic E-state index is 0.495. The number of hydrogen-bond acceptors (Lipinski definition) is 3. The predicted octanol–water partition coefficient (Wildman–Crippen LogP) is 1.88. The summed E-state index contributed by atoms with van der Waals surface area (Å²) in [5, 5.41) is 3.36. The molecule has 0 aliphatic carbocycles. The number of aromatic nitrogens is 1. The van der Waals surface area contributed by atoms with Gasteiger partial charge in [-0.25, -0.2) is 0 Å². The van der Waals surface area contributed by atoms with Gasteiger partial charge < -0.3 is 10.1 Å². The third kappa shape index (κ3) is 4.73. The predicted molar refractivity (Wildman–Crippen MR) is 66.4 cm³/mol. The highest BCUT2D eigenvalue weighted by atomic mass is 16.5. The van der Waals surface area contributed by atoms with Crippen molar-refractivity contribution in [1.82, 2.24) is 10.3 Å². The van der Waals surface area contributed by atoms with Crippen molar-refractivity contribution in [2.45, 2.75) is 25.8 Å². The fourth-order valence-corrected chi connectivity index (χ4v) is 1.94. The molecule has 0 aliphatic rings. The third-order valence-electron chi connectivity index (χ3n) is 2.75. The molecule has 16 heavy (non-hydrogen) atoms. The lowest BCUT2D eigenvalue weighted by atomic mass is 9.97. The Balaban J connectivity index is 2.43. The Morgan fingerprint density at radius 3 is 2.88 bits per heavy atom. The normalized spacial score (nSPS) is 14.7. The molecule has 1 rings (SSSR count). The molecule has 0 spiro atoms. The first kappa shape index (κ1) is 13.1. The largest absolute Gasteiger partial charge is 0.384 e. The number of rotatable bonds is 7. The van der Waals surface area contributed by atoms with Gasteiger partial charge in [-0.05, 0) is 37.4 Å². The number of ether oxygens (including phenoxy) is 1. The Morgan fingerprint density at radius 1 is 1.50 bits per heavy atom. The standard InChI is InChI=1S/C13H22N2O/c1-11(10-16-3)7-13(14-2)8-12-5-4-6-15-9-12/h4-6,9,11,13-14H,7-8,10H2,1-3H3. The molecular weight excluding hydrogens is 200 g/mol. The minimum Gasteiger partial charge on any atom is -0.384 e. The summed E-state index contributed by atoms with van der Waals surface area (Å²) in [6.07, 6.45) is 5.90. The summed E-state index contributed by atoms with van der Waals surface area (Å²) in [7, 11) is 3.77. The third-order valence-corrected chi connectivity index (χ3v) is 2.75. The van der Waals surface area contributed by atoms with Crippen LogP contribution >= 0.6 is 0 Å². The summed E-state index contributed by atoms with van der Waals surface area (Å²) < 4.78 is 5.16. The highest BCUT2D eigenvalue weighted by Crippen LogP contribution is 2.10. The number of methoxy groups -OCH3 is 1. The molecule has 2 atom stereocenters. The average molecular weight is 222 g/mol. The Morgan fingerprint density at radius 2 is 2.31 bits per heavy atom. The smallest absolute Gasteiger partial charge is 0.0488 e. The van der Waals surface area contributed by atoms with Crippen LogP contribution in [0.4, 0.5) is 0 Å². The van der Waals surface area contributed by atoms with E-state index in [0.717, 1.165) is 19.4 Å². The maximum absolute atomic E-state index is 5.16. The molecule has 0 aromatic carbocycles. The molecule has 0 saturated carbocycles. The number of nitrogens with zero attached hydrogens (tertiary/aromatic N) is 1. The number of hydrogen-bond donors (Lipinski definition) is 1. The maximum atomic E-state index is 5.16. The van der Waals surface area contributed by atoms with E-state index in [9.17, 15) is 0 Å². The summed E-state index contributed by atoms with van der Waals surface area (Å²) in [6.45, 7) is 3.04. The summed E-state index contributed by atoms with van der Waals surface area (Å²) >= 11 is 0. The van der Waals surface area contributed by atoms with Crippen molar-refractivity contribution in [3.8, 4) is 0 Å². The first-order valence-corrected chi connectivity index (χ1v) is 5.81. The van der Waals surface area contributed by atoms with Crippen LogP contribution in [0.1, 0.15) is 18.9 Å². The first-order valence-electron chi connectivity index (χ1n) is 5.81. The van der Waals surface area contributed by atoms with Gasteiger partial charge in [-0.2, -0.15) is 0 Å². The molecule has 0 radical (unpaired) electrons. The molecule has 0 aliphatic heterocycles. The van der Waals surface area contributed by atoms with Crippen LogP contribution in [0.5, 0.6) is 0 Å². The van der Waals surface area contributed by atoms with Gasteiger partial charge in [-0.3, -0.25) is 4.98 Å². The van der Waals surface area contributed by atoms with E-state index in [1.165, 1.54) is 5.56 Å². The summed E-state index contributed by atoms with van der Waals surface area (Å²) in [5.74, 6) is 0.583. The van der Waals surface area contributed by atoms with Crippen LogP contribution in [0.25, 0.3) is 0 Å². The monoisotopic (exact) mass is 222 g/mol. The number of likely N-dealkylation sites (N-methyl/N-ethyl adjacent to an activating group) is 1. The molecule has 3 nitrogen and oxygen atoms in total. The van der Waals surface area contributed by atoms with Gasteiger partial charge in [0.05, 0.1) is 0 Å². The van der Waals surface area contributed by atoms with Crippen molar-refractivity contribution in [1.29, 1.82) is 0 Å². The van der Waals surface area contributed by atoms with E-state index in [-0.39, 0.29) is 0 Å². The molecule has 1 N–H and O–H groups in total. The van der Waals surface area contributed by atoms with Crippen LogP contribution in [0, 0.1) is 5.92 Å².